The molecule has 0 spiro atoms. The van der Waals surface area contributed by atoms with Crippen molar-refractivity contribution in [1.29, 1.82) is 0 Å². The van der Waals surface area contributed by atoms with Gasteiger partial charge in [-0.25, -0.2) is 0 Å². The molecule has 0 aliphatic heterocycles. The predicted octanol–water partition coefficient (Wildman–Crippen LogP) is 2.22. The summed E-state index contributed by atoms with van der Waals surface area (Å²) in [5, 5.41) is 0. The van der Waals surface area contributed by atoms with E-state index in [0.717, 1.165) is 0 Å². The maximum absolute atomic E-state index is 2.86. The first kappa shape index (κ1) is 18.5. The van der Waals surface area contributed by atoms with Crippen molar-refractivity contribution in [3.05, 3.63) is 0 Å². The van der Waals surface area contributed by atoms with Gasteiger partial charge in [0.2, 0.25) is 0 Å². The summed E-state index contributed by atoms with van der Waals surface area (Å²) in [6.07, 6.45) is 0. The third kappa shape index (κ3) is 6.62. The Balaban J connectivity index is 4.61. The monoisotopic (exact) mass is 313 g/mol. The molecule has 0 aromatic rings. The molecular formula is C14H34GaN3. The average Bonchev–Trinajstić information content (AvgIpc) is 2.29. The summed E-state index contributed by atoms with van der Waals surface area (Å²) in [6.45, 7) is 12.0. The van der Waals surface area contributed by atoms with Crippen LogP contribution in [-0.4, -0.2) is 83.2 Å². The first-order valence-electron chi connectivity index (χ1n) is 7.40. The summed E-state index contributed by atoms with van der Waals surface area (Å²) >= 11 is -1.23. The third-order valence-electron chi connectivity index (χ3n) is 4.22. The molecule has 0 fully saturated rings. The van der Waals surface area contributed by atoms with Gasteiger partial charge >= 0.3 is 121 Å². The van der Waals surface area contributed by atoms with E-state index >= 15 is 0 Å². The molecule has 0 rings (SSSR count). The van der Waals surface area contributed by atoms with Crippen molar-refractivity contribution in [3.63, 3.8) is 0 Å². The van der Waals surface area contributed by atoms with E-state index in [4.69, 9.17) is 0 Å². The first-order valence-corrected chi connectivity index (χ1v) is 11.9. The van der Waals surface area contributed by atoms with E-state index in [-0.39, 0.29) is 0 Å². The van der Waals surface area contributed by atoms with Crippen molar-refractivity contribution in [2.75, 3.05) is 41.3 Å². The maximum atomic E-state index is 2.86. The van der Waals surface area contributed by atoms with E-state index in [0.29, 0.717) is 12.1 Å². The second kappa shape index (κ2) is 9.42. The fourth-order valence-electron chi connectivity index (χ4n) is 2.18. The second-order valence-corrected chi connectivity index (χ2v) is 13.8. The van der Waals surface area contributed by atoms with Gasteiger partial charge < -0.3 is 0 Å². The second-order valence-electron chi connectivity index (χ2n) is 6.05. The van der Waals surface area contributed by atoms with E-state index < -0.39 is 16.5 Å². The van der Waals surface area contributed by atoms with Crippen LogP contribution >= 0.6 is 0 Å². The molecule has 4 heteroatoms. The molecule has 108 valence electrons. The van der Waals surface area contributed by atoms with Crippen LogP contribution in [0.3, 0.4) is 0 Å². The number of hydrogen-bond acceptors (Lipinski definition) is 3. The Morgan fingerprint density at radius 1 is 0.778 bits per heavy atom. The van der Waals surface area contributed by atoms with Crippen LogP contribution in [0.15, 0.2) is 0 Å². The molecule has 0 aromatic heterocycles. The molecule has 0 saturated heterocycles. The Bertz CT molecular complexity index is 189. The zero-order valence-corrected chi connectivity index (χ0v) is 16.3. The summed E-state index contributed by atoms with van der Waals surface area (Å²) < 4.78 is 2.86. The van der Waals surface area contributed by atoms with Gasteiger partial charge in [0, 0.05) is 0 Å². The van der Waals surface area contributed by atoms with Crippen LogP contribution in [0.25, 0.3) is 0 Å². The van der Waals surface area contributed by atoms with E-state index in [1.165, 1.54) is 23.0 Å². The van der Waals surface area contributed by atoms with Gasteiger partial charge in [-0.2, -0.15) is 0 Å². The Kier molecular flexibility index (Phi) is 9.70. The third-order valence-corrected chi connectivity index (χ3v) is 11.2. The van der Waals surface area contributed by atoms with Crippen LogP contribution in [-0.2, 0) is 0 Å². The van der Waals surface area contributed by atoms with Crippen molar-refractivity contribution in [2.45, 2.75) is 49.7 Å². The molecule has 0 radical (unpaired) electrons. The molecule has 0 heterocycles. The molecular weight excluding hydrogens is 280 g/mol. The van der Waals surface area contributed by atoms with Gasteiger partial charge in [-0.1, -0.05) is 0 Å². The zero-order chi connectivity index (χ0) is 14.3. The Morgan fingerprint density at radius 2 is 1.11 bits per heavy atom. The minimum atomic E-state index is -1.23. The van der Waals surface area contributed by atoms with E-state index in [1.807, 2.05) is 0 Å². The molecule has 2 unspecified atom stereocenters. The molecule has 0 N–H and O–H groups in total. The van der Waals surface area contributed by atoms with Crippen LogP contribution < -0.4 is 0 Å². The summed E-state index contributed by atoms with van der Waals surface area (Å²) in [7, 11) is 8.77. The minimum absolute atomic E-state index is 0.658. The van der Waals surface area contributed by atoms with E-state index in [9.17, 15) is 0 Å². The Hall–Kier alpha value is 0.516. The molecule has 0 aromatic carbocycles. The van der Waals surface area contributed by atoms with Crippen LogP contribution in [0.2, 0.25) is 9.95 Å². The predicted molar refractivity (Wildman–Crippen MR) is 84.6 cm³/mol. The Labute approximate surface area is 121 Å². The fourth-order valence-corrected chi connectivity index (χ4v) is 8.09. The molecule has 0 aliphatic rings. The van der Waals surface area contributed by atoms with Gasteiger partial charge in [-0.05, 0) is 0 Å². The molecule has 0 aliphatic carbocycles. The fraction of sp³-hybridized carbons (Fsp3) is 1.00. The van der Waals surface area contributed by atoms with E-state index in [1.54, 1.807) is 0 Å². The summed E-state index contributed by atoms with van der Waals surface area (Å²) in [5.41, 5.74) is 0. The number of hydrogen-bond donors (Lipinski definition) is 0. The summed E-state index contributed by atoms with van der Waals surface area (Å²) in [6, 6.07) is 1.32. The molecule has 2 atom stereocenters. The molecule has 0 bridgehead atoms. The topological polar surface area (TPSA) is 9.72 Å². The van der Waals surface area contributed by atoms with Gasteiger partial charge in [0.25, 0.3) is 0 Å². The van der Waals surface area contributed by atoms with Gasteiger partial charge in [0.05, 0.1) is 0 Å². The average molecular weight is 314 g/mol. The van der Waals surface area contributed by atoms with Crippen molar-refractivity contribution in [2.24, 2.45) is 0 Å². The summed E-state index contributed by atoms with van der Waals surface area (Å²) in [5.74, 6) is 0. The van der Waals surface area contributed by atoms with Crippen LogP contribution in [0.1, 0.15) is 27.7 Å². The Morgan fingerprint density at radius 3 is 1.33 bits per heavy atom. The number of likely N-dealkylation sites (N-methyl/N-ethyl adjacent to an activating group) is 2. The van der Waals surface area contributed by atoms with Gasteiger partial charge in [-0.15, -0.1) is 0 Å². The SMILES string of the molecule is C[CH2][Ga]([CH2]C)[N](CC(C)N(C)C)CC(C)N(C)C. The first-order chi connectivity index (χ1) is 8.33. The summed E-state index contributed by atoms with van der Waals surface area (Å²) in [4.78, 5) is 7.56. The van der Waals surface area contributed by atoms with Crippen molar-refractivity contribution >= 4 is 16.5 Å². The molecule has 0 amide bonds. The number of nitrogens with zero attached hydrogens (tertiary/aromatic N) is 3. The molecule has 3 nitrogen and oxygen atoms in total. The molecule has 18 heavy (non-hydrogen) atoms. The molecule has 0 saturated carbocycles. The van der Waals surface area contributed by atoms with E-state index in [2.05, 4.69) is 69.3 Å². The van der Waals surface area contributed by atoms with Crippen molar-refractivity contribution in [3.8, 4) is 0 Å². The van der Waals surface area contributed by atoms with Crippen molar-refractivity contribution in [1.82, 2.24) is 13.4 Å². The van der Waals surface area contributed by atoms with Crippen molar-refractivity contribution < 1.29 is 0 Å². The van der Waals surface area contributed by atoms with Gasteiger partial charge in [0.1, 0.15) is 0 Å². The normalized spacial score (nSPS) is 15.5. The van der Waals surface area contributed by atoms with Gasteiger partial charge in [0.15, 0.2) is 0 Å². The standard InChI is InChI=1S/C10H24N3.2C2H5.Ga/c1-9(12(3)4)7-11-8-10(2)13(5)6;2*1-2;/h9-10H,7-8H2,1-6H3;2*1H2,2H3;/q-1;;;+1. The number of rotatable bonds is 9. The quantitative estimate of drug-likeness (QED) is 0.604. The van der Waals surface area contributed by atoms with Crippen LogP contribution in [0.4, 0.5) is 0 Å². The van der Waals surface area contributed by atoms with Gasteiger partial charge in [-0.3, -0.25) is 0 Å². The van der Waals surface area contributed by atoms with Crippen LogP contribution in [0.5, 0.6) is 0 Å². The van der Waals surface area contributed by atoms with Crippen LogP contribution in [0, 0.1) is 0 Å². The zero-order valence-electron chi connectivity index (χ0n) is 13.9.